The van der Waals surface area contributed by atoms with Crippen LogP contribution in [0.25, 0.3) is 0 Å². The Morgan fingerprint density at radius 1 is 1.42 bits per heavy atom. The van der Waals surface area contributed by atoms with Gasteiger partial charge in [0.1, 0.15) is 0 Å². The van der Waals surface area contributed by atoms with Gasteiger partial charge < -0.3 is 0 Å². The lowest BCUT2D eigenvalue weighted by molar-refractivity contribution is 0.210. The summed E-state index contributed by atoms with van der Waals surface area (Å²) in [7, 11) is 0. The van der Waals surface area contributed by atoms with Gasteiger partial charge in [-0.1, -0.05) is 15.9 Å². The van der Waals surface area contributed by atoms with E-state index in [1.54, 1.807) is 0 Å². The predicted octanol–water partition coefficient (Wildman–Crippen LogP) is 3.16. The van der Waals surface area contributed by atoms with Crippen molar-refractivity contribution in [1.82, 2.24) is 5.01 Å². The zero-order valence-electron chi connectivity index (χ0n) is 11.0. The third-order valence-corrected chi connectivity index (χ3v) is 4.79. The van der Waals surface area contributed by atoms with Gasteiger partial charge in [-0.25, -0.2) is 0 Å². The smallest absolute Gasteiger partial charge is 0.0948 e. The number of hydrogen-bond acceptors (Lipinski definition) is 4. The Morgan fingerprint density at radius 2 is 2.11 bits per heavy atom. The van der Waals surface area contributed by atoms with Gasteiger partial charge in [0.25, 0.3) is 0 Å². The predicted molar refractivity (Wildman–Crippen MR) is 78.6 cm³/mol. The molecule has 0 aliphatic carbocycles. The van der Waals surface area contributed by atoms with Crippen LogP contribution in [-0.4, -0.2) is 22.8 Å². The summed E-state index contributed by atoms with van der Waals surface area (Å²) in [4.78, 5) is 0. The fourth-order valence-corrected chi connectivity index (χ4v) is 3.20. The third kappa shape index (κ3) is 1.71. The molecule has 3 rings (SSSR count). The number of fused-ring (bicyclic) bond motifs is 1. The fraction of sp³-hybridized carbons (Fsp3) is 0.429. The van der Waals surface area contributed by atoms with Crippen molar-refractivity contribution in [2.45, 2.75) is 25.8 Å². The molecular weight excluding hydrogens is 304 g/mol. The zero-order valence-corrected chi connectivity index (χ0v) is 12.6. The van der Waals surface area contributed by atoms with Crippen LogP contribution in [0, 0.1) is 17.2 Å². The highest BCUT2D eigenvalue weighted by atomic mass is 79.9. The molecule has 1 aromatic rings. The first-order valence-corrected chi connectivity index (χ1v) is 7.15. The van der Waals surface area contributed by atoms with Gasteiger partial charge in [0.05, 0.1) is 28.9 Å². The van der Waals surface area contributed by atoms with Crippen LogP contribution in [0.15, 0.2) is 33.8 Å². The Balaban J connectivity index is 1.99. The maximum Gasteiger partial charge on any atom is 0.0948 e. The number of rotatable bonds is 1. The van der Waals surface area contributed by atoms with Crippen molar-refractivity contribution in [3.8, 4) is 6.07 Å². The summed E-state index contributed by atoms with van der Waals surface area (Å²) in [6, 6.07) is 10.5. The molecule has 0 N–H and O–H groups in total. The van der Waals surface area contributed by atoms with Crippen LogP contribution in [0.4, 0.5) is 5.69 Å². The minimum Gasteiger partial charge on any atom is -0.198 e. The van der Waals surface area contributed by atoms with Gasteiger partial charge in [0.15, 0.2) is 0 Å². The molecule has 1 fully saturated rings. The van der Waals surface area contributed by atoms with Crippen molar-refractivity contribution in [2.75, 3.05) is 11.7 Å². The molecule has 5 heteroatoms. The van der Waals surface area contributed by atoms with Gasteiger partial charge in [0, 0.05) is 11.0 Å². The Kier molecular flexibility index (Phi) is 2.88. The van der Waals surface area contributed by atoms with Crippen LogP contribution in [0.2, 0.25) is 0 Å². The molecule has 0 aromatic heterocycles. The highest BCUT2D eigenvalue weighted by Crippen LogP contribution is 2.42. The second kappa shape index (κ2) is 4.32. The van der Waals surface area contributed by atoms with E-state index in [0.717, 1.165) is 28.8 Å². The van der Waals surface area contributed by atoms with E-state index in [9.17, 15) is 5.26 Å². The summed E-state index contributed by atoms with van der Waals surface area (Å²) >= 11 is 3.44. The lowest BCUT2D eigenvalue weighted by Crippen LogP contribution is -2.50. The summed E-state index contributed by atoms with van der Waals surface area (Å²) < 4.78 is 1.05. The lowest BCUT2D eigenvalue weighted by Gasteiger charge is -2.34. The number of hydrogen-bond donors (Lipinski definition) is 0. The van der Waals surface area contributed by atoms with Crippen molar-refractivity contribution in [3.63, 3.8) is 0 Å². The number of halogens is 1. The molecule has 0 unspecified atom stereocenters. The first kappa shape index (κ1) is 12.6. The molecule has 4 nitrogen and oxygen atoms in total. The van der Waals surface area contributed by atoms with Gasteiger partial charge >= 0.3 is 0 Å². The molecule has 0 spiro atoms. The molecule has 2 aliphatic heterocycles. The molecule has 2 aliphatic rings. The summed E-state index contributed by atoms with van der Waals surface area (Å²) in [6.45, 7) is 5.00. The number of anilines is 1. The standard InChI is InChI=1S/C14H15BrN4/c1-10-14(2)11(9-16)7-8-18(14)19(17-10)13-5-3-12(15)4-6-13/h3-6,11H,7-8H2,1-2H3/t11-,14+/m1/s1. The van der Waals surface area contributed by atoms with E-state index in [2.05, 4.69) is 39.0 Å². The molecule has 0 saturated carbocycles. The van der Waals surface area contributed by atoms with E-state index in [4.69, 9.17) is 0 Å². The normalized spacial score (nSPS) is 30.1. The molecule has 1 saturated heterocycles. The maximum absolute atomic E-state index is 9.33. The van der Waals surface area contributed by atoms with Crippen LogP contribution < -0.4 is 5.12 Å². The van der Waals surface area contributed by atoms with Gasteiger partial charge in [-0.15, -0.1) is 0 Å². The average Bonchev–Trinajstić information content (AvgIpc) is 2.86. The van der Waals surface area contributed by atoms with Crippen molar-refractivity contribution in [2.24, 2.45) is 11.0 Å². The van der Waals surface area contributed by atoms with E-state index in [0.29, 0.717) is 0 Å². The molecule has 98 valence electrons. The molecular formula is C14H15BrN4. The summed E-state index contributed by atoms with van der Waals surface area (Å²) in [5, 5.41) is 18.1. The first-order valence-electron chi connectivity index (χ1n) is 6.36. The lowest BCUT2D eigenvalue weighted by atomic mass is 9.85. The number of hydrazone groups is 1. The number of nitriles is 1. The van der Waals surface area contributed by atoms with Gasteiger partial charge in [0.2, 0.25) is 0 Å². The van der Waals surface area contributed by atoms with Gasteiger partial charge in [-0.3, -0.25) is 0 Å². The van der Waals surface area contributed by atoms with E-state index in [-0.39, 0.29) is 11.5 Å². The number of benzene rings is 1. The Bertz CT molecular complexity index is 574. The fourth-order valence-electron chi connectivity index (χ4n) is 2.93. The van der Waals surface area contributed by atoms with E-state index in [1.807, 2.05) is 36.3 Å². The number of hydrazine groups is 1. The summed E-state index contributed by atoms with van der Waals surface area (Å²) in [5.74, 6) is 0.0108. The third-order valence-electron chi connectivity index (χ3n) is 4.26. The van der Waals surface area contributed by atoms with Crippen LogP contribution >= 0.6 is 15.9 Å². The van der Waals surface area contributed by atoms with E-state index >= 15 is 0 Å². The van der Waals surface area contributed by atoms with Gasteiger partial charge in [-0.05, 0) is 44.5 Å². The Morgan fingerprint density at radius 3 is 2.74 bits per heavy atom. The molecule has 0 radical (unpaired) electrons. The molecule has 1 aromatic carbocycles. The second-order valence-corrected chi connectivity index (χ2v) is 6.11. The molecule has 2 heterocycles. The SMILES string of the molecule is CC1=NN(c2ccc(Br)cc2)N2CC[C@H](C#N)[C@]12C. The summed E-state index contributed by atoms with van der Waals surface area (Å²) in [6.07, 6.45) is 0.896. The minimum absolute atomic E-state index is 0.0108. The monoisotopic (exact) mass is 318 g/mol. The number of nitrogens with zero attached hydrogens (tertiary/aromatic N) is 4. The van der Waals surface area contributed by atoms with E-state index < -0.39 is 0 Å². The first-order chi connectivity index (χ1) is 9.07. The highest BCUT2D eigenvalue weighted by Gasteiger charge is 2.54. The quantitative estimate of drug-likeness (QED) is 0.798. The minimum atomic E-state index is -0.262. The Labute approximate surface area is 121 Å². The van der Waals surface area contributed by atoms with Crippen molar-refractivity contribution in [3.05, 3.63) is 28.7 Å². The largest absolute Gasteiger partial charge is 0.198 e. The maximum atomic E-state index is 9.33. The van der Waals surface area contributed by atoms with Crippen LogP contribution in [0.1, 0.15) is 20.3 Å². The van der Waals surface area contributed by atoms with Crippen LogP contribution in [0.5, 0.6) is 0 Å². The van der Waals surface area contributed by atoms with Crippen LogP contribution in [-0.2, 0) is 0 Å². The van der Waals surface area contributed by atoms with E-state index in [1.165, 1.54) is 0 Å². The second-order valence-electron chi connectivity index (χ2n) is 5.19. The highest BCUT2D eigenvalue weighted by molar-refractivity contribution is 9.10. The van der Waals surface area contributed by atoms with Crippen molar-refractivity contribution < 1.29 is 0 Å². The zero-order chi connectivity index (χ0) is 13.6. The average molecular weight is 319 g/mol. The van der Waals surface area contributed by atoms with Gasteiger partial charge in [-0.2, -0.15) is 20.5 Å². The van der Waals surface area contributed by atoms with Crippen LogP contribution in [0.3, 0.4) is 0 Å². The Hall–Kier alpha value is -1.38. The molecule has 2 atom stereocenters. The molecule has 0 bridgehead atoms. The van der Waals surface area contributed by atoms with Crippen molar-refractivity contribution >= 4 is 27.3 Å². The molecule has 19 heavy (non-hydrogen) atoms. The van der Waals surface area contributed by atoms with Crippen molar-refractivity contribution in [1.29, 1.82) is 5.26 Å². The topological polar surface area (TPSA) is 42.6 Å². The molecule has 0 amide bonds. The summed E-state index contributed by atoms with van der Waals surface area (Å²) in [5.41, 5.74) is 1.78.